The van der Waals surface area contributed by atoms with Crippen LogP contribution in [0.25, 0.3) is 0 Å². The van der Waals surface area contributed by atoms with Gasteiger partial charge < -0.3 is 16.0 Å². The number of aromatic nitrogens is 1. The van der Waals surface area contributed by atoms with E-state index >= 15 is 0 Å². The minimum atomic E-state index is -4.27. The Morgan fingerprint density at radius 1 is 1.35 bits per heavy atom. The second-order valence-electron chi connectivity index (χ2n) is 7.16. The minimum absolute atomic E-state index is 0.0645. The molecule has 1 aromatic carbocycles. The number of alkyl halides is 2. The maximum Gasteiger partial charge on any atom is 0.266 e. The third-order valence-corrected chi connectivity index (χ3v) is 7.21. The molecule has 4 N–H and O–H groups in total. The molecular formula is C18H23ClF3N5O2S2. The number of halogens is 4. The summed E-state index contributed by atoms with van der Waals surface area (Å²) in [4.78, 5) is 3.08. The first-order chi connectivity index (χ1) is 14.7. The SMILES string of the molecule is O=S(=O)(Nc1nccs1)c1cc(Cl)c(NCC(F)(F)CCNC[C@@H]2CCCN2)cc1F. The van der Waals surface area contributed by atoms with Crippen molar-refractivity contribution in [2.75, 3.05) is 36.2 Å². The average Bonchev–Trinajstić information content (AvgIpc) is 3.39. The molecule has 2 aromatic rings. The lowest BCUT2D eigenvalue weighted by atomic mass is 10.2. The van der Waals surface area contributed by atoms with E-state index in [4.69, 9.17) is 11.6 Å². The Kier molecular flexibility index (Phi) is 8.03. The fourth-order valence-corrected chi connectivity index (χ4v) is 5.28. The number of benzene rings is 1. The van der Waals surface area contributed by atoms with E-state index in [0.717, 1.165) is 42.9 Å². The number of rotatable bonds is 11. The number of hydrogen-bond acceptors (Lipinski definition) is 7. The molecule has 0 aliphatic carbocycles. The normalized spacial score (nSPS) is 17.1. The molecule has 0 amide bonds. The molecule has 0 radical (unpaired) electrons. The highest BCUT2D eigenvalue weighted by molar-refractivity contribution is 7.93. The van der Waals surface area contributed by atoms with Gasteiger partial charge in [-0.2, -0.15) is 0 Å². The number of anilines is 2. The first-order valence-corrected chi connectivity index (χ1v) is 12.4. The molecule has 7 nitrogen and oxygen atoms in total. The molecule has 1 fully saturated rings. The second kappa shape index (κ2) is 10.3. The zero-order chi connectivity index (χ0) is 22.5. The Balaban J connectivity index is 1.55. The van der Waals surface area contributed by atoms with E-state index in [2.05, 4.69) is 25.7 Å². The van der Waals surface area contributed by atoms with Crippen molar-refractivity contribution >= 4 is 43.8 Å². The predicted molar refractivity (Wildman–Crippen MR) is 116 cm³/mol. The second-order valence-corrected chi connectivity index (χ2v) is 10.1. The number of nitrogens with one attached hydrogen (secondary N) is 4. The molecule has 1 aromatic heterocycles. The maximum atomic E-state index is 14.4. The molecule has 1 aliphatic heterocycles. The van der Waals surface area contributed by atoms with E-state index in [9.17, 15) is 21.6 Å². The van der Waals surface area contributed by atoms with Crippen molar-refractivity contribution in [3.63, 3.8) is 0 Å². The lowest BCUT2D eigenvalue weighted by Gasteiger charge is -2.20. The van der Waals surface area contributed by atoms with Crippen LogP contribution in [-0.2, 0) is 10.0 Å². The third kappa shape index (κ3) is 6.94. The van der Waals surface area contributed by atoms with Crippen LogP contribution in [0.1, 0.15) is 19.3 Å². The van der Waals surface area contributed by atoms with Crippen LogP contribution in [0.2, 0.25) is 5.02 Å². The fraction of sp³-hybridized carbons (Fsp3) is 0.500. The van der Waals surface area contributed by atoms with Gasteiger partial charge in [0.25, 0.3) is 15.9 Å². The molecular weight excluding hydrogens is 475 g/mol. The molecule has 0 bridgehead atoms. The van der Waals surface area contributed by atoms with Gasteiger partial charge in [-0.1, -0.05) is 11.6 Å². The average molecular weight is 498 g/mol. The standard InChI is InChI=1S/C18H23ClF3N5O2S2/c19-13-8-16(31(28,29)27-17-25-6-7-30-17)14(20)9-15(13)26-11-18(21,22)3-5-23-10-12-2-1-4-24-12/h6-9,12,23-24,26H,1-5,10-11H2,(H,25,27)/t12-/m0/s1. The Hall–Kier alpha value is -1.60. The van der Waals surface area contributed by atoms with Crippen molar-refractivity contribution in [1.29, 1.82) is 0 Å². The molecule has 0 saturated carbocycles. The van der Waals surface area contributed by atoms with Gasteiger partial charge in [0, 0.05) is 37.1 Å². The quantitative estimate of drug-likeness (QED) is 0.355. The van der Waals surface area contributed by atoms with Gasteiger partial charge in [0.15, 0.2) is 5.13 Å². The lowest BCUT2D eigenvalue weighted by Crippen LogP contribution is -2.37. The zero-order valence-corrected chi connectivity index (χ0v) is 18.8. The summed E-state index contributed by atoms with van der Waals surface area (Å²) in [6.45, 7) is 0.948. The fourth-order valence-electron chi connectivity index (χ4n) is 3.11. The van der Waals surface area contributed by atoms with Crippen LogP contribution in [0.4, 0.5) is 24.0 Å². The van der Waals surface area contributed by atoms with Crippen molar-refractivity contribution in [2.24, 2.45) is 0 Å². The summed E-state index contributed by atoms with van der Waals surface area (Å²) in [5, 5.41) is 10.1. The molecule has 13 heteroatoms. The summed E-state index contributed by atoms with van der Waals surface area (Å²) in [6, 6.07) is 1.98. The summed E-state index contributed by atoms with van der Waals surface area (Å²) >= 11 is 7.04. The number of nitrogens with zero attached hydrogens (tertiary/aromatic N) is 1. The van der Waals surface area contributed by atoms with Crippen LogP contribution in [0.3, 0.4) is 0 Å². The largest absolute Gasteiger partial charge is 0.378 e. The van der Waals surface area contributed by atoms with Gasteiger partial charge in [-0.15, -0.1) is 11.3 Å². The van der Waals surface area contributed by atoms with E-state index < -0.39 is 39.6 Å². The van der Waals surface area contributed by atoms with Crippen molar-refractivity contribution < 1.29 is 21.6 Å². The number of thiazole rings is 1. The van der Waals surface area contributed by atoms with Gasteiger partial charge in [0.2, 0.25) is 0 Å². The molecule has 2 heterocycles. The van der Waals surface area contributed by atoms with Gasteiger partial charge in [-0.3, -0.25) is 4.72 Å². The van der Waals surface area contributed by atoms with Crippen LogP contribution in [0.5, 0.6) is 0 Å². The molecule has 172 valence electrons. The molecule has 0 unspecified atom stereocenters. The Morgan fingerprint density at radius 3 is 2.84 bits per heavy atom. The van der Waals surface area contributed by atoms with Crippen molar-refractivity contribution in [1.82, 2.24) is 15.6 Å². The van der Waals surface area contributed by atoms with Gasteiger partial charge >= 0.3 is 0 Å². The highest BCUT2D eigenvalue weighted by atomic mass is 35.5. The minimum Gasteiger partial charge on any atom is -0.378 e. The molecule has 31 heavy (non-hydrogen) atoms. The topological polar surface area (TPSA) is 95.2 Å². The van der Waals surface area contributed by atoms with Gasteiger partial charge in [0.05, 0.1) is 17.3 Å². The third-order valence-electron chi connectivity index (χ3n) is 4.72. The Morgan fingerprint density at radius 2 is 2.16 bits per heavy atom. The number of hydrogen-bond donors (Lipinski definition) is 4. The Bertz CT molecular complexity index is 971. The van der Waals surface area contributed by atoms with Crippen LogP contribution in [0.15, 0.2) is 28.6 Å². The first kappa shape index (κ1) is 24.1. The van der Waals surface area contributed by atoms with Crippen molar-refractivity contribution in [2.45, 2.75) is 36.1 Å². The van der Waals surface area contributed by atoms with E-state index in [1.54, 1.807) is 5.38 Å². The van der Waals surface area contributed by atoms with Gasteiger partial charge in [-0.25, -0.2) is 26.6 Å². The van der Waals surface area contributed by atoms with E-state index in [1.807, 2.05) is 0 Å². The van der Waals surface area contributed by atoms with Crippen LogP contribution < -0.4 is 20.7 Å². The van der Waals surface area contributed by atoms with Crippen LogP contribution in [0, 0.1) is 5.82 Å². The summed E-state index contributed by atoms with van der Waals surface area (Å²) in [6.07, 6.45) is 3.10. The Labute approximate surface area is 187 Å². The monoisotopic (exact) mass is 497 g/mol. The van der Waals surface area contributed by atoms with Crippen LogP contribution >= 0.6 is 22.9 Å². The van der Waals surface area contributed by atoms with Gasteiger partial charge in [0.1, 0.15) is 10.7 Å². The number of sulfonamides is 1. The maximum absolute atomic E-state index is 14.4. The summed E-state index contributed by atoms with van der Waals surface area (Å²) in [5.41, 5.74) is -0.116. The molecule has 0 spiro atoms. The smallest absolute Gasteiger partial charge is 0.266 e. The van der Waals surface area contributed by atoms with E-state index in [-0.39, 0.29) is 22.4 Å². The zero-order valence-electron chi connectivity index (χ0n) is 16.4. The summed E-state index contributed by atoms with van der Waals surface area (Å²) in [7, 11) is -4.27. The van der Waals surface area contributed by atoms with Crippen molar-refractivity contribution in [3.05, 3.63) is 34.5 Å². The molecule has 3 rings (SSSR count). The predicted octanol–water partition coefficient (Wildman–Crippen LogP) is 3.52. The van der Waals surface area contributed by atoms with E-state index in [0.29, 0.717) is 12.6 Å². The molecule has 1 saturated heterocycles. The summed E-state index contributed by atoms with van der Waals surface area (Å²) in [5.74, 6) is -4.18. The van der Waals surface area contributed by atoms with Gasteiger partial charge in [-0.05, 0) is 31.5 Å². The first-order valence-electron chi connectivity index (χ1n) is 9.63. The molecule has 1 aliphatic rings. The lowest BCUT2D eigenvalue weighted by molar-refractivity contribution is 0.00696. The highest BCUT2D eigenvalue weighted by Crippen LogP contribution is 2.30. The summed E-state index contributed by atoms with van der Waals surface area (Å²) < 4.78 is 69.6. The van der Waals surface area contributed by atoms with Crippen LogP contribution in [-0.4, -0.2) is 51.5 Å². The highest BCUT2D eigenvalue weighted by Gasteiger charge is 2.29. The van der Waals surface area contributed by atoms with E-state index in [1.165, 1.54) is 6.20 Å². The molecule has 1 atom stereocenters. The van der Waals surface area contributed by atoms with Crippen molar-refractivity contribution in [3.8, 4) is 0 Å².